The largest absolute Gasteiger partial charge is 0.508 e. The number of nitrogens with one attached hydrogen (secondary N) is 1. The van der Waals surface area contributed by atoms with Crippen molar-refractivity contribution in [2.75, 3.05) is 51.5 Å². The number of aryl methyl sites for hydroxylation is 2. The highest BCUT2D eigenvalue weighted by atomic mass is 16.5. The fourth-order valence-corrected chi connectivity index (χ4v) is 11.0. The summed E-state index contributed by atoms with van der Waals surface area (Å²) in [6.07, 6.45) is 5.65. The van der Waals surface area contributed by atoms with E-state index >= 15 is 0 Å². The van der Waals surface area contributed by atoms with Crippen molar-refractivity contribution < 1.29 is 44.2 Å². The molecular formula is C59H65N3O9. The van der Waals surface area contributed by atoms with E-state index in [1.165, 1.54) is 0 Å². The van der Waals surface area contributed by atoms with Gasteiger partial charge in [0.05, 0.1) is 32.5 Å². The number of aromatic hydroxyl groups is 1. The molecule has 12 heteroatoms. The number of fused-ring (bicyclic) bond motifs is 5. The predicted molar refractivity (Wildman–Crippen MR) is 276 cm³/mol. The Morgan fingerprint density at radius 1 is 0.915 bits per heavy atom. The number of anilines is 1. The van der Waals surface area contributed by atoms with Crippen molar-refractivity contribution in [2.45, 2.75) is 88.6 Å². The lowest BCUT2D eigenvalue weighted by Crippen LogP contribution is -2.52. The summed E-state index contributed by atoms with van der Waals surface area (Å²) < 4.78 is 27.0. The number of rotatable bonds is 10. The van der Waals surface area contributed by atoms with Crippen LogP contribution < -0.4 is 34.1 Å². The van der Waals surface area contributed by atoms with E-state index in [2.05, 4.69) is 65.7 Å². The van der Waals surface area contributed by atoms with E-state index in [0.717, 1.165) is 88.5 Å². The molecule has 1 fully saturated rings. The number of methoxy groups -OCH3 is 1. The first kappa shape index (κ1) is 48.1. The maximum atomic E-state index is 12.2. The van der Waals surface area contributed by atoms with E-state index in [4.69, 9.17) is 23.9 Å². The van der Waals surface area contributed by atoms with E-state index in [0.29, 0.717) is 48.3 Å². The number of hydrogen-bond donors (Lipinski definition) is 5. The SMILES string of the molecule is CCc1cc2c([n-]1)N1CCNC[C@@H]1Cc1ccc3c(c1)[C@H](O)CC[C@@H]3[C@H](CO)COc1c(c3c(c(OCC[C@@H](O)/C=C/c4ccccc4)c1OC)C(=[OH+])CC(c1ccc(O)cc1)O3)CCc1cccc-2c1. The number of aromatic nitrogens is 1. The molecule has 5 heterocycles. The molecule has 6 aromatic rings. The van der Waals surface area contributed by atoms with Crippen molar-refractivity contribution in [1.29, 1.82) is 0 Å². The molecule has 6 N–H and O–H groups in total. The molecule has 0 saturated carbocycles. The van der Waals surface area contributed by atoms with Gasteiger partial charge >= 0.3 is 5.78 Å². The lowest BCUT2D eigenvalue weighted by molar-refractivity contribution is 0.105. The minimum Gasteiger partial charge on any atom is -0.508 e. The number of nitrogens with zero attached hydrogens (tertiary/aromatic N) is 2. The van der Waals surface area contributed by atoms with Crippen LogP contribution in [-0.4, -0.2) is 89.7 Å². The van der Waals surface area contributed by atoms with Crippen molar-refractivity contribution in [2.24, 2.45) is 5.92 Å². The zero-order valence-electron chi connectivity index (χ0n) is 40.6. The molecule has 11 rings (SSSR count). The Bertz CT molecular complexity index is 2860. The van der Waals surface area contributed by atoms with E-state index in [1.807, 2.05) is 36.4 Å². The molecule has 1 aliphatic carbocycles. The van der Waals surface area contributed by atoms with Crippen molar-refractivity contribution in [1.82, 2.24) is 10.3 Å². The van der Waals surface area contributed by atoms with Crippen LogP contribution in [0.3, 0.4) is 0 Å². The molecule has 4 aliphatic heterocycles. The summed E-state index contributed by atoms with van der Waals surface area (Å²) in [4.78, 5) is 20.0. The molecule has 0 amide bonds. The monoisotopic (exact) mass is 959 g/mol. The van der Waals surface area contributed by atoms with Crippen LogP contribution in [0.5, 0.6) is 28.7 Å². The topological polar surface area (TPSA) is 169 Å². The average Bonchev–Trinajstić information content (AvgIpc) is 3.83. The van der Waals surface area contributed by atoms with Gasteiger partial charge in [-0.1, -0.05) is 122 Å². The van der Waals surface area contributed by atoms with E-state index < -0.39 is 18.3 Å². The summed E-state index contributed by atoms with van der Waals surface area (Å²) in [5, 5.41) is 47.8. The van der Waals surface area contributed by atoms with Crippen LogP contribution in [0.2, 0.25) is 0 Å². The molecule has 12 nitrogen and oxygen atoms in total. The van der Waals surface area contributed by atoms with Crippen LogP contribution in [0.4, 0.5) is 5.82 Å². The standard InChI is InChI=1S/C59H64N3O9/c1-3-42-31-49-40-11-7-10-37(28-40)13-21-48-55-54(52(67)32-53(71-55)39-15-18-44(64)19-16-39)57(69-27-24-45(65)17-12-36-8-5-4-6-9-36)58(68-2)56(48)70-35-41(34-63)46-22-23-51(66)50-30-38(14-20-47(46)50)29-43-33-60-25-26-62(43)59(49)61-42/h4-12,14-20,28,30-31,41,43,45-46,51,53,60,63-66H,3,13,21-27,29,32-35H2,1-2H3/q-1/p+1/b17-12+/t41-,43+,45+,46-,51-,53?/m1/s1. The van der Waals surface area contributed by atoms with Gasteiger partial charge in [-0.2, -0.15) is 0 Å². The number of benzene rings is 5. The first-order chi connectivity index (χ1) is 34.7. The number of ether oxygens (including phenoxy) is 4. The highest BCUT2D eigenvalue weighted by Crippen LogP contribution is 2.54. The van der Waals surface area contributed by atoms with Crippen molar-refractivity contribution in [3.8, 4) is 39.9 Å². The smallest absolute Gasteiger partial charge is 0.335 e. The summed E-state index contributed by atoms with van der Waals surface area (Å²) in [7, 11) is 1.55. The Labute approximate surface area is 415 Å². The van der Waals surface area contributed by atoms with Gasteiger partial charge in [0.2, 0.25) is 5.75 Å². The first-order valence-electron chi connectivity index (χ1n) is 25.3. The normalized spacial score (nSPS) is 21.5. The number of carbonyl (C=O) groups excluding carboxylic acids is 1. The molecule has 5 aromatic carbocycles. The molecule has 6 atom stereocenters. The average molecular weight is 960 g/mol. The summed E-state index contributed by atoms with van der Waals surface area (Å²) >= 11 is 0. The molecule has 6 bridgehead atoms. The maximum Gasteiger partial charge on any atom is 0.335 e. The second-order valence-corrected chi connectivity index (χ2v) is 19.4. The molecule has 1 aromatic heterocycles. The maximum absolute atomic E-state index is 12.2. The number of phenols is 1. The third-order valence-electron chi connectivity index (χ3n) is 14.8. The molecule has 5 aliphatic rings. The van der Waals surface area contributed by atoms with Gasteiger partial charge < -0.3 is 54.6 Å². The minimum atomic E-state index is -0.824. The number of aliphatic hydroxyl groups is 3. The summed E-state index contributed by atoms with van der Waals surface area (Å²) in [6, 6.07) is 34.0. The lowest BCUT2D eigenvalue weighted by Gasteiger charge is -2.45. The second-order valence-electron chi connectivity index (χ2n) is 19.4. The molecule has 71 heavy (non-hydrogen) atoms. The molecule has 1 unspecified atom stereocenters. The second kappa shape index (κ2) is 21.4. The lowest BCUT2D eigenvalue weighted by atomic mass is 9.74. The number of piperazine rings is 1. The van der Waals surface area contributed by atoms with Crippen LogP contribution in [0.25, 0.3) is 17.2 Å². The number of ketones is 1. The number of hydrogen-bond acceptors (Lipinski definition) is 10. The Hall–Kier alpha value is -6.57. The summed E-state index contributed by atoms with van der Waals surface area (Å²) in [6.45, 7) is 4.60. The van der Waals surface area contributed by atoms with Gasteiger partial charge in [0, 0.05) is 24.5 Å². The molecule has 1 saturated heterocycles. The molecule has 0 spiro atoms. The van der Waals surface area contributed by atoms with E-state index in [1.54, 1.807) is 37.5 Å². The van der Waals surface area contributed by atoms with Crippen LogP contribution in [0, 0.1) is 5.92 Å². The Kier molecular flexibility index (Phi) is 14.5. The Morgan fingerprint density at radius 2 is 1.76 bits per heavy atom. The van der Waals surface area contributed by atoms with Crippen LogP contribution >= 0.6 is 0 Å². The van der Waals surface area contributed by atoms with Gasteiger partial charge in [0.15, 0.2) is 17.1 Å². The van der Waals surface area contributed by atoms with E-state index in [-0.39, 0.29) is 73.6 Å². The highest BCUT2D eigenvalue weighted by Gasteiger charge is 2.42. The zero-order valence-corrected chi connectivity index (χ0v) is 40.6. The summed E-state index contributed by atoms with van der Waals surface area (Å²) in [5.74, 6) is 1.92. The first-order valence-corrected chi connectivity index (χ1v) is 25.3. The Morgan fingerprint density at radius 3 is 2.56 bits per heavy atom. The van der Waals surface area contributed by atoms with Crippen LogP contribution in [-0.2, 0) is 25.7 Å². The third kappa shape index (κ3) is 10.2. The molecular weight excluding hydrogens is 895 g/mol. The predicted octanol–water partition coefficient (Wildman–Crippen LogP) is 8.57. The summed E-state index contributed by atoms with van der Waals surface area (Å²) in [5.41, 5.74) is 10.1. The van der Waals surface area contributed by atoms with Gasteiger partial charge in [-0.15, -0.1) is 0 Å². The fraction of sp³-hybridized carbons (Fsp3) is 0.373. The number of aliphatic hydroxyl groups excluding tert-OH is 3. The zero-order chi connectivity index (χ0) is 49.0. The van der Waals surface area contributed by atoms with Gasteiger partial charge in [-0.05, 0) is 127 Å². The highest BCUT2D eigenvalue weighted by molar-refractivity contribution is 6.05. The quantitative estimate of drug-likeness (QED) is 0.0835. The number of phenolic OH excluding ortho intramolecular Hbond substituents is 1. The van der Waals surface area contributed by atoms with Crippen LogP contribution in [0.1, 0.15) is 101 Å². The van der Waals surface area contributed by atoms with Gasteiger partial charge in [0.1, 0.15) is 24.0 Å². The third-order valence-corrected chi connectivity index (χ3v) is 14.8. The van der Waals surface area contributed by atoms with E-state index in [9.17, 15) is 25.2 Å². The fourth-order valence-electron chi connectivity index (χ4n) is 11.0. The minimum absolute atomic E-state index is 0.0394. The van der Waals surface area contributed by atoms with Crippen LogP contribution in [0.15, 0.2) is 109 Å². The molecule has 370 valence electrons. The molecule has 0 radical (unpaired) electrons. The van der Waals surface area contributed by atoms with Crippen molar-refractivity contribution >= 4 is 17.7 Å². The van der Waals surface area contributed by atoms with Crippen molar-refractivity contribution in [3.05, 3.63) is 159 Å². The van der Waals surface area contributed by atoms with Gasteiger partial charge in [-0.25, -0.2) is 0 Å². The van der Waals surface area contributed by atoms with Crippen molar-refractivity contribution in [3.63, 3.8) is 0 Å². The Balaban J connectivity index is 1.10. The van der Waals surface area contributed by atoms with Gasteiger partial charge in [0.25, 0.3) is 0 Å². The van der Waals surface area contributed by atoms with Gasteiger partial charge in [-0.3, -0.25) is 4.79 Å².